The molecule has 1 heterocycles. The molecule has 0 saturated heterocycles. The fourth-order valence-electron chi connectivity index (χ4n) is 1.00. The fourth-order valence-corrected chi connectivity index (χ4v) is 2.98. The van der Waals surface area contributed by atoms with Crippen molar-refractivity contribution in [2.45, 2.75) is 17.7 Å². The molecule has 0 fully saturated rings. The highest BCUT2D eigenvalue weighted by Crippen LogP contribution is 2.19. The number of aliphatic hydroxyl groups is 1. The number of rotatable bonds is 3. The van der Waals surface area contributed by atoms with E-state index in [0.29, 0.717) is 17.0 Å². The number of hydrogen-bond donors (Lipinski definition) is 2. The summed E-state index contributed by atoms with van der Waals surface area (Å²) in [6.07, 6.45) is 0.295. The Kier molecular flexibility index (Phi) is 3.10. The number of aliphatic hydroxyl groups excluding tert-OH is 1. The lowest BCUT2D eigenvalue weighted by Crippen LogP contribution is -2.49. The van der Waals surface area contributed by atoms with Gasteiger partial charge in [-0.05, 0) is 0 Å². The van der Waals surface area contributed by atoms with E-state index >= 15 is 0 Å². The van der Waals surface area contributed by atoms with Crippen molar-refractivity contribution in [2.24, 2.45) is 0 Å². The number of aromatic nitrogens is 1. The van der Waals surface area contributed by atoms with Crippen LogP contribution in [0.3, 0.4) is 0 Å². The van der Waals surface area contributed by atoms with E-state index in [1.807, 2.05) is 0 Å². The molecule has 0 aromatic carbocycles. The van der Waals surface area contributed by atoms with E-state index in [2.05, 4.69) is 0 Å². The van der Waals surface area contributed by atoms with Crippen molar-refractivity contribution in [3.8, 4) is 0 Å². The SMILES string of the molecule is Cc1c(CCO)sc(S(=O)(=O)[O-])[n+]1N. The van der Waals surface area contributed by atoms with Gasteiger partial charge in [0.15, 0.2) is 10.1 Å². The van der Waals surface area contributed by atoms with E-state index in [-0.39, 0.29) is 6.61 Å². The minimum Gasteiger partial charge on any atom is -0.739 e. The van der Waals surface area contributed by atoms with Crippen LogP contribution in [0.25, 0.3) is 0 Å². The van der Waals surface area contributed by atoms with E-state index in [1.165, 1.54) is 0 Å². The molecule has 8 heteroatoms. The molecule has 14 heavy (non-hydrogen) atoms. The van der Waals surface area contributed by atoms with E-state index in [4.69, 9.17) is 10.9 Å². The summed E-state index contributed by atoms with van der Waals surface area (Å²) in [6.45, 7) is 1.48. The summed E-state index contributed by atoms with van der Waals surface area (Å²) in [5.41, 5.74) is 0.485. The van der Waals surface area contributed by atoms with Gasteiger partial charge in [0.05, 0.1) is 4.88 Å². The highest BCUT2D eigenvalue weighted by Gasteiger charge is 2.25. The number of nitrogens with zero attached hydrogens (tertiary/aromatic N) is 1. The van der Waals surface area contributed by atoms with Gasteiger partial charge in [-0.3, -0.25) is 0 Å². The number of hydrogen-bond acceptors (Lipinski definition) is 6. The summed E-state index contributed by atoms with van der Waals surface area (Å²) in [4.78, 5) is 0.601. The summed E-state index contributed by atoms with van der Waals surface area (Å²) < 4.78 is 32.6. The van der Waals surface area contributed by atoms with Crippen LogP contribution in [-0.2, 0) is 16.5 Å². The van der Waals surface area contributed by atoms with Crippen LogP contribution in [0.5, 0.6) is 0 Å². The maximum absolute atomic E-state index is 10.7. The average molecular weight is 238 g/mol. The van der Waals surface area contributed by atoms with Gasteiger partial charge in [0, 0.05) is 20.0 Å². The van der Waals surface area contributed by atoms with Crippen LogP contribution in [0.2, 0.25) is 0 Å². The normalized spacial score (nSPS) is 11.9. The smallest absolute Gasteiger partial charge is 0.371 e. The molecule has 0 saturated carbocycles. The molecular formula is C6H10N2O4S2. The van der Waals surface area contributed by atoms with Crippen LogP contribution < -0.4 is 10.5 Å². The first-order chi connectivity index (χ1) is 6.38. The molecule has 0 amide bonds. The monoisotopic (exact) mass is 238 g/mol. The first-order valence-corrected chi connectivity index (χ1v) is 5.96. The molecule has 0 bridgehead atoms. The van der Waals surface area contributed by atoms with Crippen molar-refractivity contribution >= 4 is 21.5 Å². The van der Waals surface area contributed by atoms with Crippen molar-refractivity contribution in [2.75, 3.05) is 12.4 Å². The molecule has 0 unspecified atom stereocenters. The third-order valence-corrected chi connectivity index (χ3v) is 4.33. The summed E-state index contributed by atoms with van der Waals surface area (Å²) in [6, 6.07) is 0. The molecule has 1 aromatic rings. The first kappa shape index (κ1) is 11.4. The summed E-state index contributed by atoms with van der Waals surface area (Å²) in [7, 11) is -4.53. The van der Waals surface area contributed by atoms with Crippen molar-refractivity contribution in [1.82, 2.24) is 0 Å². The van der Waals surface area contributed by atoms with E-state index in [1.54, 1.807) is 6.92 Å². The van der Waals surface area contributed by atoms with Gasteiger partial charge < -0.3 is 9.66 Å². The van der Waals surface area contributed by atoms with Crippen molar-refractivity contribution in [1.29, 1.82) is 0 Å². The molecule has 1 aromatic heterocycles. The van der Waals surface area contributed by atoms with E-state index < -0.39 is 14.5 Å². The Morgan fingerprint density at radius 2 is 2.21 bits per heavy atom. The van der Waals surface area contributed by atoms with Gasteiger partial charge in [-0.2, -0.15) is 0 Å². The molecular weight excluding hydrogens is 228 g/mol. The second-order valence-corrected chi connectivity index (χ2v) is 5.31. The highest BCUT2D eigenvalue weighted by molar-refractivity contribution is 7.87. The minimum absolute atomic E-state index is 0.111. The molecule has 1 rings (SSSR count). The zero-order valence-corrected chi connectivity index (χ0v) is 9.06. The van der Waals surface area contributed by atoms with Crippen LogP contribution in [0, 0.1) is 6.92 Å². The molecule has 80 valence electrons. The van der Waals surface area contributed by atoms with Gasteiger partial charge in [-0.25, -0.2) is 14.3 Å². The highest BCUT2D eigenvalue weighted by atomic mass is 32.3. The molecule has 0 aliphatic carbocycles. The van der Waals surface area contributed by atoms with E-state index in [9.17, 15) is 13.0 Å². The topological polar surface area (TPSA) is 107 Å². The predicted octanol–water partition coefficient (Wildman–Crippen LogP) is -1.50. The lowest BCUT2D eigenvalue weighted by atomic mass is 10.3. The van der Waals surface area contributed by atoms with Crippen molar-refractivity contribution < 1.29 is 22.8 Å². The molecule has 6 nitrogen and oxygen atoms in total. The standard InChI is InChI=1S/C6H10N2O4S2/c1-4-5(2-3-9)13-6(8(4)7)14(10,11)12/h9H,2-3,7H2,1H3. The lowest BCUT2D eigenvalue weighted by molar-refractivity contribution is -0.678. The zero-order chi connectivity index (χ0) is 10.9. The first-order valence-electron chi connectivity index (χ1n) is 3.74. The molecule has 0 radical (unpaired) electrons. The minimum atomic E-state index is -4.53. The Morgan fingerprint density at radius 3 is 2.57 bits per heavy atom. The number of nitrogen functional groups attached to an aromatic ring is 1. The number of nitrogens with two attached hydrogens (primary N) is 1. The van der Waals surface area contributed by atoms with Crippen LogP contribution in [0.15, 0.2) is 4.34 Å². The summed E-state index contributed by atoms with van der Waals surface area (Å²) >= 11 is 0.795. The fraction of sp³-hybridized carbons (Fsp3) is 0.500. The Bertz CT molecular complexity index is 437. The Morgan fingerprint density at radius 1 is 1.64 bits per heavy atom. The maximum atomic E-state index is 10.7. The molecule has 3 N–H and O–H groups in total. The van der Waals surface area contributed by atoms with Gasteiger partial charge >= 0.3 is 4.34 Å². The Balaban J connectivity index is 3.29. The lowest BCUT2D eigenvalue weighted by Gasteiger charge is -1.97. The Labute approximate surface area is 85.3 Å². The maximum Gasteiger partial charge on any atom is 0.371 e. The average Bonchev–Trinajstić information content (AvgIpc) is 2.32. The van der Waals surface area contributed by atoms with Crippen LogP contribution >= 0.6 is 11.3 Å². The van der Waals surface area contributed by atoms with Crippen molar-refractivity contribution in [3.63, 3.8) is 0 Å². The third-order valence-electron chi connectivity index (χ3n) is 1.72. The Hall–Kier alpha value is -0.700. The largest absolute Gasteiger partial charge is 0.739 e. The second-order valence-electron chi connectivity index (χ2n) is 2.67. The van der Waals surface area contributed by atoms with Crippen molar-refractivity contribution in [3.05, 3.63) is 10.6 Å². The van der Waals surface area contributed by atoms with Gasteiger partial charge in [0.2, 0.25) is 5.69 Å². The van der Waals surface area contributed by atoms with Gasteiger partial charge in [-0.15, -0.1) is 0 Å². The van der Waals surface area contributed by atoms with Gasteiger partial charge in [-0.1, -0.05) is 16.0 Å². The second kappa shape index (κ2) is 3.81. The van der Waals surface area contributed by atoms with Crippen LogP contribution in [0.4, 0.5) is 0 Å². The quantitative estimate of drug-likeness (QED) is 0.378. The molecule has 0 spiro atoms. The predicted molar refractivity (Wildman–Crippen MR) is 48.2 cm³/mol. The van der Waals surface area contributed by atoms with Gasteiger partial charge in [0.25, 0.3) is 0 Å². The van der Waals surface area contributed by atoms with Crippen LogP contribution in [0.1, 0.15) is 10.6 Å². The molecule has 0 aliphatic heterocycles. The van der Waals surface area contributed by atoms with E-state index in [0.717, 1.165) is 16.0 Å². The summed E-state index contributed by atoms with van der Waals surface area (Å²) in [5, 5.41) is 8.68. The van der Waals surface area contributed by atoms with Gasteiger partial charge in [0.1, 0.15) is 0 Å². The summed E-state index contributed by atoms with van der Waals surface area (Å²) in [5.74, 6) is 5.39. The zero-order valence-electron chi connectivity index (χ0n) is 7.43. The van der Waals surface area contributed by atoms with Crippen LogP contribution in [-0.4, -0.2) is 24.7 Å². The molecule has 0 atom stereocenters. The molecule has 0 aliphatic rings. The third kappa shape index (κ3) is 2.03. The number of thiazole rings is 1.